The van der Waals surface area contributed by atoms with Crippen LogP contribution in [0.25, 0.3) is 0 Å². The first-order chi connectivity index (χ1) is 7.43. The Morgan fingerprint density at radius 2 is 1.88 bits per heavy atom. The molecule has 0 spiro atoms. The minimum atomic E-state index is -1.01. The van der Waals surface area contributed by atoms with Gasteiger partial charge in [0.15, 0.2) is 0 Å². The third-order valence-corrected chi connectivity index (χ3v) is 4.42. The van der Waals surface area contributed by atoms with Crippen molar-refractivity contribution in [2.24, 2.45) is 5.92 Å². The smallest absolute Gasteiger partial charge is 0.0651 e. The molecule has 16 heavy (non-hydrogen) atoms. The number of aliphatic hydroxyl groups is 1. The quantitative estimate of drug-likeness (QED) is 0.859. The molecule has 0 aliphatic rings. The maximum atomic E-state index is 11.9. The van der Waals surface area contributed by atoms with Crippen molar-refractivity contribution in [3.63, 3.8) is 0 Å². The zero-order valence-corrected chi connectivity index (χ0v) is 11.0. The summed E-state index contributed by atoms with van der Waals surface area (Å²) in [6, 6.07) is 9.40. The number of rotatable bonds is 5. The molecular weight excluding hydrogens is 220 g/mol. The Morgan fingerprint density at radius 1 is 1.31 bits per heavy atom. The van der Waals surface area contributed by atoms with Crippen molar-refractivity contribution >= 4 is 10.8 Å². The monoisotopic (exact) mass is 240 g/mol. The van der Waals surface area contributed by atoms with Crippen molar-refractivity contribution in [2.45, 2.75) is 37.7 Å². The van der Waals surface area contributed by atoms with Crippen LogP contribution in [0.1, 0.15) is 27.2 Å². The maximum Gasteiger partial charge on any atom is 0.0651 e. The summed E-state index contributed by atoms with van der Waals surface area (Å²) in [5.41, 5.74) is -0.732. The zero-order valence-electron chi connectivity index (χ0n) is 10.1. The van der Waals surface area contributed by atoms with Crippen LogP contribution in [0.3, 0.4) is 0 Å². The Bertz CT molecular complexity index is 344. The average Bonchev–Trinajstić information content (AvgIpc) is 2.27. The summed E-state index contributed by atoms with van der Waals surface area (Å²) in [6.45, 7) is 5.76. The van der Waals surface area contributed by atoms with Gasteiger partial charge in [-0.05, 0) is 31.4 Å². The molecule has 90 valence electrons. The van der Waals surface area contributed by atoms with Crippen LogP contribution in [-0.4, -0.2) is 20.7 Å². The molecule has 0 saturated carbocycles. The molecule has 0 radical (unpaired) electrons. The van der Waals surface area contributed by atoms with Gasteiger partial charge in [-0.3, -0.25) is 4.21 Å². The summed E-state index contributed by atoms with van der Waals surface area (Å²) in [5, 5.41) is 10.1. The largest absolute Gasteiger partial charge is 0.390 e. The van der Waals surface area contributed by atoms with Crippen molar-refractivity contribution in [3.05, 3.63) is 30.3 Å². The van der Waals surface area contributed by atoms with Gasteiger partial charge in [0, 0.05) is 10.6 Å². The molecular formula is C13H20O2S. The molecule has 2 atom stereocenters. The molecule has 1 rings (SSSR count). The summed E-state index contributed by atoms with van der Waals surface area (Å²) < 4.78 is 11.9. The number of hydrogen-bond donors (Lipinski definition) is 1. The Morgan fingerprint density at radius 3 is 2.38 bits per heavy atom. The van der Waals surface area contributed by atoms with Crippen LogP contribution in [0.4, 0.5) is 0 Å². The molecule has 3 heteroatoms. The molecule has 1 N–H and O–H groups in total. The van der Waals surface area contributed by atoms with Gasteiger partial charge in [0.25, 0.3) is 0 Å². The fraction of sp³-hybridized carbons (Fsp3) is 0.538. The lowest BCUT2D eigenvalue weighted by Gasteiger charge is -2.27. The fourth-order valence-electron chi connectivity index (χ4n) is 1.28. The minimum absolute atomic E-state index is 0.181. The van der Waals surface area contributed by atoms with E-state index in [2.05, 4.69) is 0 Å². The second kappa shape index (κ2) is 5.60. The van der Waals surface area contributed by atoms with Crippen molar-refractivity contribution < 1.29 is 9.32 Å². The summed E-state index contributed by atoms with van der Waals surface area (Å²) in [4.78, 5) is 0.835. The van der Waals surface area contributed by atoms with Crippen LogP contribution in [0.15, 0.2) is 35.2 Å². The molecule has 0 aromatic heterocycles. The normalized spacial score (nSPS) is 17.1. The van der Waals surface area contributed by atoms with Gasteiger partial charge in [-0.15, -0.1) is 0 Å². The van der Waals surface area contributed by atoms with E-state index in [1.807, 2.05) is 44.2 Å². The van der Waals surface area contributed by atoms with E-state index in [9.17, 15) is 9.32 Å². The van der Waals surface area contributed by atoms with E-state index in [1.165, 1.54) is 0 Å². The highest BCUT2D eigenvalue weighted by molar-refractivity contribution is 7.85. The average molecular weight is 240 g/mol. The molecule has 2 nitrogen and oxygen atoms in total. The minimum Gasteiger partial charge on any atom is -0.390 e. The Balaban J connectivity index is 2.54. The van der Waals surface area contributed by atoms with Gasteiger partial charge in [0.2, 0.25) is 0 Å². The third-order valence-electron chi connectivity index (χ3n) is 3.04. The first kappa shape index (κ1) is 13.4. The molecule has 0 bridgehead atoms. The van der Waals surface area contributed by atoms with Crippen LogP contribution in [0.2, 0.25) is 0 Å². The van der Waals surface area contributed by atoms with Crippen LogP contribution >= 0.6 is 0 Å². The second-order valence-electron chi connectivity index (χ2n) is 4.62. The molecule has 0 amide bonds. The van der Waals surface area contributed by atoms with Crippen molar-refractivity contribution in [2.75, 3.05) is 5.75 Å². The predicted octanol–water partition coefficient (Wildman–Crippen LogP) is 2.59. The van der Waals surface area contributed by atoms with E-state index in [-0.39, 0.29) is 5.92 Å². The molecule has 2 unspecified atom stereocenters. The van der Waals surface area contributed by atoms with Gasteiger partial charge in [-0.1, -0.05) is 32.0 Å². The SMILES string of the molecule is CC(C)C(C)(O)CCS(=O)c1ccccc1. The van der Waals surface area contributed by atoms with E-state index in [0.29, 0.717) is 12.2 Å². The van der Waals surface area contributed by atoms with Gasteiger partial charge in [-0.2, -0.15) is 0 Å². The lowest BCUT2D eigenvalue weighted by Crippen LogP contribution is -2.32. The van der Waals surface area contributed by atoms with Gasteiger partial charge < -0.3 is 5.11 Å². The first-order valence-electron chi connectivity index (χ1n) is 5.59. The first-order valence-corrected chi connectivity index (χ1v) is 6.91. The van der Waals surface area contributed by atoms with Crippen LogP contribution in [-0.2, 0) is 10.8 Å². The van der Waals surface area contributed by atoms with Gasteiger partial charge in [-0.25, -0.2) is 0 Å². The molecule has 1 aromatic rings. The van der Waals surface area contributed by atoms with E-state index < -0.39 is 16.4 Å². The molecule has 0 aliphatic heterocycles. The second-order valence-corrected chi connectivity index (χ2v) is 6.20. The lowest BCUT2D eigenvalue weighted by atomic mass is 9.90. The maximum absolute atomic E-state index is 11.9. The van der Waals surface area contributed by atoms with Crippen LogP contribution in [0, 0.1) is 5.92 Å². The Kier molecular flexibility index (Phi) is 4.69. The highest BCUT2D eigenvalue weighted by Gasteiger charge is 2.25. The van der Waals surface area contributed by atoms with E-state index >= 15 is 0 Å². The van der Waals surface area contributed by atoms with E-state index in [1.54, 1.807) is 6.92 Å². The Hall–Kier alpha value is -0.670. The van der Waals surface area contributed by atoms with Crippen molar-refractivity contribution in [1.29, 1.82) is 0 Å². The zero-order chi connectivity index (χ0) is 12.2. The van der Waals surface area contributed by atoms with E-state index in [4.69, 9.17) is 0 Å². The summed E-state index contributed by atoms with van der Waals surface area (Å²) in [5.74, 6) is 0.690. The summed E-state index contributed by atoms with van der Waals surface area (Å²) in [6.07, 6.45) is 0.562. The van der Waals surface area contributed by atoms with Crippen LogP contribution in [0.5, 0.6) is 0 Å². The standard InChI is InChI=1S/C13H20O2S/c1-11(2)13(3,14)9-10-16(15)12-7-5-4-6-8-12/h4-8,11,14H,9-10H2,1-3H3. The highest BCUT2D eigenvalue weighted by atomic mass is 32.2. The predicted molar refractivity (Wildman–Crippen MR) is 67.8 cm³/mol. The Labute approximate surface area is 100 Å². The van der Waals surface area contributed by atoms with E-state index in [0.717, 1.165) is 4.90 Å². The highest BCUT2D eigenvalue weighted by Crippen LogP contribution is 2.21. The lowest BCUT2D eigenvalue weighted by molar-refractivity contribution is 0.0109. The molecule has 0 heterocycles. The van der Waals surface area contributed by atoms with Gasteiger partial charge in [0.05, 0.1) is 16.4 Å². The molecule has 0 fully saturated rings. The molecule has 1 aromatic carbocycles. The topological polar surface area (TPSA) is 37.3 Å². The van der Waals surface area contributed by atoms with Crippen LogP contribution < -0.4 is 0 Å². The summed E-state index contributed by atoms with van der Waals surface area (Å²) in [7, 11) is -1.01. The summed E-state index contributed by atoms with van der Waals surface area (Å²) >= 11 is 0. The van der Waals surface area contributed by atoms with Crippen molar-refractivity contribution in [1.82, 2.24) is 0 Å². The molecule has 0 aliphatic carbocycles. The van der Waals surface area contributed by atoms with Gasteiger partial charge >= 0.3 is 0 Å². The van der Waals surface area contributed by atoms with Gasteiger partial charge in [0.1, 0.15) is 0 Å². The molecule has 0 saturated heterocycles. The third kappa shape index (κ3) is 3.72. The fourth-order valence-corrected chi connectivity index (χ4v) is 2.57. The van der Waals surface area contributed by atoms with Crippen molar-refractivity contribution in [3.8, 4) is 0 Å². The number of hydrogen-bond acceptors (Lipinski definition) is 2. The number of benzene rings is 1.